The largest absolute Gasteiger partial charge is 0.450 e. The summed E-state index contributed by atoms with van der Waals surface area (Å²) in [5.41, 5.74) is 0. The lowest BCUT2D eigenvalue weighted by Gasteiger charge is -2.05. The van der Waals surface area contributed by atoms with Crippen LogP contribution < -0.4 is 0 Å². The van der Waals surface area contributed by atoms with E-state index in [2.05, 4.69) is 25.9 Å². The molecule has 3 rings (SSSR count). The number of hydrogen-bond acceptors (Lipinski definition) is 6. The van der Waals surface area contributed by atoms with Gasteiger partial charge in [-0.15, -0.1) is 11.3 Å². The molecule has 1 aliphatic rings. The first-order chi connectivity index (χ1) is 9.63. The van der Waals surface area contributed by atoms with E-state index in [1.54, 1.807) is 31.5 Å². The number of likely N-dealkylation sites (N-methyl/N-ethyl adjacent to an activating group) is 1. The summed E-state index contributed by atoms with van der Waals surface area (Å²) >= 11 is 5.97. The quantitative estimate of drug-likeness (QED) is 0.756. The second-order valence-electron chi connectivity index (χ2n) is 3.83. The average Bonchev–Trinajstić information content (AvgIpc) is 3.11. The van der Waals surface area contributed by atoms with Crippen molar-refractivity contribution in [1.29, 1.82) is 0 Å². The van der Waals surface area contributed by atoms with E-state index in [9.17, 15) is 4.79 Å². The van der Waals surface area contributed by atoms with Crippen molar-refractivity contribution in [2.45, 2.75) is 0 Å². The SMILES string of the molecule is CN1C(=O)/C(=C\c2ccc(Br)o2)S/C1=N/c1nccs1. The normalized spacial score (nSPS) is 19.5. The van der Waals surface area contributed by atoms with Gasteiger partial charge in [-0.3, -0.25) is 9.69 Å². The number of amides is 1. The van der Waals surface area contributed by atoms with E-state index in [0.29, 0.717) is 25.6 Å². The van der Waals surface area contributed by atoms with Crippen molar-refractivity contribution in [2.24, 2.45) is 4.99 Å². The van der Waals surface area contributed by atoms with Crippen LogP contribution in [0.4, 0.5) is 5.13 Å². The van der Waals surface area contributed by atoms with Crippen LogP contribution in [0.2, 0.25) is 0 Å². The first-order valence-electron chi connectivity index (χ1n) is 5.54. The Morgan fingerprint density at radius 1 is 1.50 bits per heavy atom. The Morgan fingerprint density at radius 2 is 2.35 bits per heavy atom. The zero-order valence-corrected chi connectivity index (χ0v) is 13.5. The predicted molar refractivity (Wildman–Crippen MR) is 84.0 cm³/mol. The van der Waals surface area contributed by atoms with Crippen molar-refractivity contribution in [3.05, 3.63) is 39.0 Å². The molecule has 0 unspecified atom stereocenters. The summed E-state index contributed by atoms with van der Waals surface area (Å²) in [6.07, 6.45) is 3.39. The highest BCUT2D eigenvalue weighted by atomic mass is 79.9. The van der Waals surface area contributed by atoms with Crippen LogP contribution in [-0.2, 0) is 4.79 Å². The van der Waals surface area contributed by atoms with Crippen molar-refractivity contribution in [1.82, 2.24) is 9.88 Å². The Bertz CT molecular complexity index is 706. The molecule has 8 heteroatoms. The monoisotopic (exact) mass is 369 g/mol. The van der Waals surface area contributed by atoms with Gasteiger partial charge in [0.1, 0.15) is 5.76 Å². The van der Waals surface area contributed by atoms with Gasteiger partial charge in [-0.25, -0.2) is 4.98 Å². The molecule has 0 N–H and O–H groups in total. The minimum Gasteiger partial charge on any atom is -0.450 e. The molecule has 5 nitrogen and oxygen atoms in total. The Labute approximate surface area is 131 Å². The van der Waals surface area contributed by atoms with E-state index in [0.717, 1.165) is 0 Å². The number of amidine groups is 1. The number of hydrogen-bond donors (Lipinski definition) is 0. The van der Waals surface area contributed by atoms with Gasteiger partial charge >= 0.3 is 0 Å². The van der Waals surface area contributed by atoms with Crippen molar-refractivity contribution >= 4 is 61.3 Å². The number of carbonyl (C=O) groups excluding carboxylic acids is 1. The van der Waals surface area contributed by atoms with Gasteiger partial charge in [0, 0.05) is 24.7 Å². The summed E-state index contributed by atoms with van der Waals surface area (Å²) in [5, 5.41) is 3.09. The molecule has 3 heterocycles. The fourth-order valence-corrected chi connectivity index (χ4v) is 3.37. The maximum atomic E-state index is 12.1. The maximum absolute atomic E-state index is 12.1. The zero-order valence-electron chi connectivity index (χ0n) is 10.2. The van der Waals surface area contributed by atoms with E-state index < -0.39 is 0 Å². The van der Waals surface area contributed by atoms with Crippen molar-refractivity contribution in [3.63, 3.8) is 0 Å². The second-order valence-corrected chi connectivity index (χ2v) is 6.49. The Morgan fingerprint density at radius 3 is 3.00 bits per heavy atom. The van der Waals surface area contributed by atoms with Gasteiger partial charge in [0.05, 0.1) is 4.91 Å². The molecular weight excluding hydrogens is 362 g/mol. The molecule has 0 aromatic carbocycles. The van der Waals surface area contributed by atoms with Gasteiger partial charge in [0.2, 0.25) is 5.13 Å². The van der Waals surface area contributed by atoms with Gasteiger partial charge < -0.3 is 4.42 Å². The highest BCUT2D eigenvalue weighted by Gasteiger charge is 2.30. The third-order valence-corrected chi connectivity index (χ3v) is 4.63. The van der Waals surface area contributed by atoms with E-state index in [1.807, 2.05) is 5.38 Å². The summed E-state index contributed by atoms with van der Waals surface area (Å²) in [4.78, 5) is 22.7. The molecule has 1 saturated heterocycles. The zero-order chi connectivity index (χ0) is 14.1. The van der Waals surface area contributed by atoms with Crippen LogP contribution in [0.1, 0.15) is 5.76 Å². The van der Waals surface area contributed by atoms with Gasteiger partial charge in [-0.05, 0) is 39.8 Å². The topological polar surface area (TPSA) is 58.7 Å². The van der Waals surface area contributed by atoms with Crippen molar-refractivity contribution in [3.8, 4) is 0 Å². The van der Waals surface area contributed by atoms with Gasteiger partial charge in [0.15, 0.2) is 9.84 Å². The number of aromatic nitrogens is 1. The number of carbonyl (C=O) groups is 1. The van der Waals surface area contributed by atoms with Crippen molar-refractivity contribution in [2.75, 3.05) is 7.05 Å². The number of aliphatic imine (C=N–C) groups is 1. The highest BCUT2D eigenvalue weighted by molar-refractivity contribution is 9.10. The molecule has 1 aliphatic heterocycles. The minimum absolute atomic E-state index is 0.0992. The number of halogens is 1. The molecule has 2 aromatic heterocycles. The smallest absolute Gasteiger partial charge is 0.266 e. The molecule has 102 valence electrons. The molecule has 0 radical (unpaired) electrons. The van der Waals surface area contributed by atoms with Gasteiger partial charge in [0.25, 0.3) is 5.91 Å². The molecule has 0 spiro atoms. The third-order valence-electron chi connectivity index (χ3n) is 2.48. The molecule has 1 amide bonds. The standard InChI is InChI=1S/C12H8BrN3O2S2/c1-16-10(17)8(6-7-2-3-9(13)18-7)20-12(16)15-11-14-4-5-19-11/h2-6H,1H3/b8-6+,15-12+. The molecule has 20 heavy (non-hydrogen) atoms. The lowest BCUT2D eigenvalue weighted by atomic mass is 10.4. The van der Waals surface area contributed by atoms with Crippen LogP contribution in [0.15, 0.2) is 42.7 Å². The fraction of sp³-hybridized carbons (Fsp3) is 0.0833. The third kappa shape index (κ3) is 2.72. The summed E-state index contributed by atoms with van der Waals surface area (Å²) in [6, 6.07) is 3.58. The highest BCUT2D eigenvalue weighted by Crippen LogP contribution is 2.33. The van der Waals surface area contributed by atoms with E-state index >= 15 is 0 Å². The Kier molecular flexibility index (Phi) is 3.77. The first-order valence-corrected chi connectivity index (χ1v) is 8.03. The number of thiazole rings is 1. The summed E-state index contributed by atoms with van der Waals surface area (Å²) in [7, 11) is 1.70. The van der Waals surface area contributed by atoms with Gasteiger partial charge in [-0.2, -0.15) is 4.99 Å². The van der Waals surface area contributed by atoms with Crippen LogP contribution in [0.3, 0.4) is 0 Å². The molecule has 0 saturated carbocycles. The number of furan rings is 1. The summed E-state index contributed by atoms with van der Waals surface area (Å²) in [6.45, 7) is 0. The molecule has 2 aromatic rings. The number of thioether (sulfide) groups is 1. The minimum atomic E-state index is -0.0992. The molecule has 1 fully saturated rings. The van der Waals surface area contributed by atoms with Crippen LogP contribution in [0, 0.1) is 0 Å². The lowest BCUT2D eigenvalue weighted by Crippen LogP contribution is -2.23. The fourth-order valence-electron chi connectivity index (χ4n) is 1.54. The molecular formula is C12H8BrN3O2S2. The summed E-state index contributed by atoms with van der Waals surface area (Å²) < 4.78 is 6.01. The summed E-state index contributed by atoms with van der Waals surface area (Å²) in [5.74, 6) is 0.523. The van der Waals surface area contributed by atoms with Crippen LogP contribution in [0.5, 0.6) is 0 Å². The molecule has 0 aliphatic carbocycles. The Balaban J connectivity index is 1.89. The Hall–Kier alpha value is -1.38. The van der Waals surface area contributed by atoms with Crippen molar-refractivity contribution < 1.29 is 9.21 Å². The molecule has 0 bridgehead atoms. The van der Waals surface area contributed by atoms with E-state index in [1.165, 1.54) is 28.0 Å². The average molecular weight is 370 g/mol. The molecule has 0 atom stereocenters. The van der Waals surface area contributed by atoms with Crippen LogP contribution >= 0.6 is 39.0 Å². The lowest BCUT2D eigenvalue weighted by molar-refractivity contribution is -0.121. The second kappa shape index (κ2) is 5.55. The van der Waals surface area contributed by atoms with E-state index in [4.69, 9.17) is 4.42 Å². The first kappa shape index (κ1) is 13.6. The maximum Gasteiger partial charge on any atom is 0.266 e. The van der Waals surface area contributed by atoms with Gasteiger partial charge in [-0.1, -0.05) is 0 Å². The number of rotatable bonds is 2. The van der Waals surface area contributed by atoms with Crippen LogP contribution in [0.25, 0.3) is 6.08 Å². The number of nitrogens with zero attached hydrogens (tertiary/aromatic N) is 3. The van der Waals surface area contributed by atoms with Crippen LogP contribution in [-0.4, -0.2) is 28.0 Å². The predicted octanol–water partition coefficient (Wildman–Crippen LogP) is 3.73. The van der Waals surface area contributed by atoms with E-state index in [-0.39, 0.29) is 5.91 Å².